The van der Waals surface area contributed by atoms with Gasteiger partial charge in [0, 0.05) is 57.6 Å². The first-order valence-corrected chi connectivity index (χ1v) is 13.2. The number of anilines is 1. The first kappa shape index (κ1) is 24.8. The van der Waals surface area contributed by atoms with E-state index in [1.165, 1.54) is 0 Å². The molecule has 0 atom stereocenters. The van der Waals surface area contributed by atoms with Crippen LogP contribution in [0, 0.1) is 6.92 Å². The average molecular weight is 571 g/mol. The van der Waals surface area contributed by atoms with E-state index in [-0.39, 0.29) is 24.1 Å². The van der Waals surface area contributed by atoms with E-state index >= 15 is 0 Å². The molecular weight excluding hydrogens is 546 g/mol. The van der Waals surface area contributed by atoms with Crippen LogP contribution in [0.15, 0.2) is 63.5 Å². The van der Waals surface area contributed by atoms with Crippen molar-refractivity contribution < 1.29 is 23.9 Å². The summed E-state index contributed by atoms with van der Waals surface area (Å²) in [6.07, 6.45) is 3.61. The molecule has 2 aromatic carbocycles. The number of carbonyl (C=O) groups excluding carboxylic acids is 3. The highest BCUT2D eigenvalue weighted by atomic mass is 79.9. The van der Waals surface area contributed by atoms with Crippen LogP contribution < -0.4 is 10.1 Å². The molecule has 3 aliphatic rings. The molecule has 6 nitrogen and oxygen atoms in total. The number of carbonyl (C=O) groups is 3. The quantitative estimate of drug-likeness (QED) is 0.440. The van der Waals surface area contributed by atoms with Gasteiger partial charge in [-0.15, -0.1) is 0 Å². The minimum absolute atomic E-state index is 0.00825. The fourth-order valence-corrected chi connectivity index (χ4v) is 5.58. The van der Waals surface area contributed by atoms with Crippen LogP contribution in [-0.4, -0.2) is 24.1 Å². The van der Waals surface area contributed by atoms with E-state index in [4.69, 9.17) is 21.1 Å². The highest BCUT2D eigenvalue weighted by Gasteiger charge is 2.42. The lowest BCUT2D eigenvalue weighted by molar-refractivity contribution is -0.119. The fraction of sp³-hybridized carbons (Fsp3) is 0.321. The van der Waals surface area contributed by atoms with Crippen molar-refractivity contribution in [2.45, 2.75) is 51.4 Å². The van der Waals surface area contributed by atoms with Crippen molar-refractivity contribution in [3.8, 4) is 5.75 Å². The zero-order valence-corrected chi connectivity index (χ0v) is 22.1. The van der Waals surface area contributed by atoms with E-state index in [1.54, 1.807) is 18.2 Å². The number of amides is 1. The lowest BCUT2D eigenvalue weighted by Gasteiger charge is -2.36. The standard InChI is InChI=1S/C28H25BrClNO5/c1-15-8-10-17(13-19(15)30)31-25(34)14-35-22-11-9-16(29)12-18(22)26-27-20(32)4-2-6-23(27)36-24-7-3-5-21(33)28(24)26/h8-13,26H,2-7,14H2,1H3,(H,31,34). The Bertz CT molecular complexity index is 1300. The SMILES string of the molecule is Cc1ccc(NC(=O)COc2ccc(Br)cc2C2C3=C(CCCC3=O)OC3=C2C(=O)CCC3)cc1Cl. The molecule has 1 aliphatic heterocycles. The monoisotopic (exact) mass is 569 g/mol. The molecule has 0 saturated carbocycles. The number of allylic oxidation sites excluding steroid dienone is 4. The van der Waals surface area contributed by atoms with Crippen molar-refractivity contribution in [3.05, 3.63) is 79.7 Å². The number of nitrogens with one attached hydrogen (secondary N) is 1. The van der Waals surface area contributed by atoms with Gasteiger partial charge in [-0.2, -0.15) is 0 Å². The number of hydrogen-bond donors (Lipinski definition) is 1. The van der Waals surface area contributed by atoms with E-state index in [9.17, 15) is 14.4 Å². The minimum atomic E-state index is -0.573. The Morgan fingerprint density at radius 3 is 2.33 bits per heavy atom. The maximum Gasteiger partial charge on any atom is 0.262 e. The summed E-state index contributed by atoms with van der Waals surface area (Å²) < 4.78 is 12.9. The zero-order valence-electron chi connectivity index (χ0n) is 19.8. The van der Waals surface area contributed by atoms with Gasteiger partial charge in [-0.25, -0.2) is 0 Å². The number of rotatable bonds is 5. The summed E-state index contributed by atoms with van der Waals surface area (Å²) in [4.78, 5) is 38.9. The predicted molar refractivity (Wildman–Crippen MR) is 140 cm³/mol. The molecule has 186 valence electrons. The molecule has 5 rings (SSSR count). The normalized spacial score (nSPS) is 18.0. The molecule has 1 heterocycles. The van der Waals surface area contributed by atoms with Gasteiger partial charge in [0.25, 0.3) is 5.91 Å². The predicted octanol–water partition coefficient (Wildman–Crippen LogP) is 6.56. The third-order valence-electron chi connectivity index (χ3n) is 6.74. The zero-order chi connectivity index (χ0) is 25.4. The van der Waals surface area contributed by atoms with Crippen LogP contribution in [0.1, 0.15) is 55.6 Å². The molecule has 8 heteroatoms. The summed E-state index contributed by atoms with van der Waals surface area (Å²) in [5, 5.41) is 3.35. The van der Waals surface area contributed by atoms with Crippen molar-refractivity contribution in [1.82, 2.24) is 0 Å². The lowest BCUT2D eigenvalue weighted by atomic mass is 9.73. The van der Waals surface area contributed by atoms with Crippen LogP contribution in [-0.2, 0) is 19.1 Å². The summed E-state index contributed by atoms with van der Waals surface area (Å²) in [6.45, 7) is 1.64. The van der Waals surface area contributed by atoms with Gasteiger partial charge >= 0.3 is 0 Å². The molecule has 2 aliphatic carbocycles. The van der Waals surface area contributed by atoms with E-state index in [1.807, 2.05) is 25.1 Å². The Hall–Kier alpha value is -2.90. The third-order valence-corrected chi connectivity index (χ3v) is 7.64. The number of halogens is 2. The molecule has 2 aromatic rings. The van der Waals surface area contributed by atoms with Crippen molar-refractivity contribution >= 4 is 50.7 Å². The average Bonchev–Trinajstić information content (AvgIpc) is 2.85. The van der Waals surface area contributed by atoms with Crippen LogP contribution in [0.2, 0.25) is 5.02 Å². The number of Topliss-reactive ketones (excluding diaryl/α,β-unsaturated/α-hetero) is 2. The fourth-order valence-electron chi connectivity index (χ4n) is 5.02. The van der Waals surface area contributed by atoms with Crippen LogP contribution in [0.5, 0.6) is 5.75 Å². The smallest absolute Gasteiger partial charge is 0.262 e. The molecule has 0 bridgehead atoms. The highest BCUT2D eigenvalue weighted by molar-refractivity contribution is 9.10. The second-order valence-electron chi connectivity index (χ2n) is 9.25. The van der Waals surface area contributed by atoms with Gasteiger partial charge in [-0.3, -0.25) is 14.4 Å². The Balaban J connectivity index is 1.47. The Labute approximate surface area is 222 Å². The molecule has 0 fully saturated rings. The molecule has 0 spiro atoms. The summed E-state index contributed by atoms with van der Waals surface area (Å²) in [6, 6.07) is 10.7. The van der Waals surface area contributed by atoms with Crippen molar-refractivity contribution in [2.24, 2.45) is 0 Å². The number of aryl methyl sites for hydroxylation is 1. The van der Waals surface area contributed by atoms with E-state index in [2.05, 4.69) is 21.2 Å². The van der Waals surface area contributed by atoms with Gasteiger partial charge in [-0.1, -0.05) is 33.6 Å². The number of ether oxygens (including phenoxy) is 2. The van der Waals surface area contributed by atoms with Gasteiger partial charge in [0.05, 0.1) is 5.92 Å². The molecule has 0 unspecified atom stereocenters. The molecule has 0 radical (unpaired) electrons. The van der Waals surface area contributed by atoms with Crippen LogP contribution in [0.25, 0.3) is 0 Å². The van der Waals surface area contributed by atoms with Crippen molar-refractivity contribution in [1.29, 1.82) is 0 Å². The molecular formula is C28H25BrClNO5. The summed E-state index contributed by atoms with van der Waals surface area (Å²) in [5.41, 5.74) is 3.24. The van der Waals surface area contributed by atoms with Crippen LogP contribution in [0.3, 0.4) is 0 Å². The van der Waals surface area contributed by atoms with E-state index in [0.717, 1.165) is 22.9 Å². The van der Waals surface area contributed by atoms with E-state index < -0.39 is 5.92 Å². The summed E-state index contributed by atoms with van der Waals surface area (Å²) in [7, 11) is 0. The maximum atomic E-state index is 13.1. The van der Waals surface area contributed by atoms with Gasteiger partial charge < -0.3 is 14.8 Å². The second kappa shape index (κ2) is 10.2. The van der Waals surface area contributed by atoms with E-state index in [0.29, 0.717) is 70.4 Å². The first-order chi connectivity index (χ1) is 17.3. The molecule has 0 saturated heterocycles. The van der Waals surface area contributed by atoms with Crippen LogP contribution >= 0.6 is 27.5 Å². The highest BCUT2D eigenvalue weighted by Crippen LogP contribution is 2.50. The molecule has 1 N–H and O–H groups in total. The Kier molecular flexibility index (Phi) is 7.04. The Morgan fingerprint density at radius 1 is 1.03 bits per heavy atom. The maximum absolute atomic E-state index is 13.1. The van der Waals surface area contributed by atoms with Gasteiger partial charge in [0.2, 0.25) is 0 Å². The minimum Gasteiger partial charge on any atom is -0.483 e. The number of hydrogen-bond acceptors (Lipinski definition) is 5. The molecule has 1 amide bonds. The van der Waals surface area contributed by atoms with Gasteiger partial charge in [0.15, 0.2) is 18.2 Å². The second-order valence-corrected chi connectivity index (χ2v) is 10.6. The van der Waals surface area contributed by atoms with Crippen molar-refractivity contribution in [3.63, 3.8) is 0 Å². The number of benzene rings is 2. The number of ketones is 2. The first-order valence-electron chi connectivity index (χ1n) is 12.0. The summed E-state index contributed by atoms with van der Waals surface area (Å²) in [5.74, 6) is 0.818. The van der Waals surface area contributed by atoms with Crippen LogP contribution in [0.4, 0.5) is 5.69 Å². The lowest BCUT2D eigenvalue weighted by Crippen LogP contribution is -2.30. The van der Waals surface area contributed by atoms with Gasteiger partial charge in [-0.05, 0) is 55.7 Å². The van der Waals surface area contributed by atoms with Crippen molar-refractivity contribution in [2.75, 3.05) is 11.9 Å². The molecule has 36 heavy (non-hydrogen) atoms. The Morgan fingerprint density at radius 2 is 1.69 bits per heavy atom. The van der Waals surface area contributed by atoms with Gasteiger partial charge in [0.1, 0.15) is 17.3 Å². The topological polar surface area (TPSA) is 81.7 Å². The summed E-state index contributed by atoms with van der Waals surface area (Å²) >= 11 is 9.69. The largest absolute Gasteiger partial charge is 0.483 e. The third kappa shape index (κ3) is 4.87. The molecule has 0 aromatic heterocycles.